The van der Waals surface area contributed by atoms with Crippen LogP contribution in [-0.2, 0) is 50.1 Å². The van der Waals surface area contributed by atoms with Gasteiger partial charge in [-0.25, -0.2) is 0 Å². The number of carbonyl (C=O) groups excluding carboxylic acids is 4. The van der Waals surface area contributed by atoms with Crippen molar-refractivity contribution in [1.29, 1.82) is 0 Å². The largest absolute Gasteiger partial charge is 0.456 e. The fourth-order valence-electron chi connectivity index (χ4n) is 19.1. The van der Waals surface area contributed by atoms with Crippen molar-refractivity contribution in [3.63, 3.8) is 0 Å². The lowest BCUT2D eigenvalue weighted by Gasteiger charge is -2.30. The number of ether oxygens (including phenoxy) is 2. The summed E-state index contributed by atoms with van der Waals surface area (Å²) in [7, 11) is 0. The van der Waals surface area contributed by atoms with Crippen LogP contribution in [0, 0.1) is 0 Å². The average Bonchev–Trinajstić information content (AvgIpc) is 1.67. The van der Waals surface area contributed by atoms with Crippen LogP contribution >= 0.6 is 0 Å². The van der Waals surface area contributed by atoms with Gasteiger partial charge in [-0.3, -0.25) is 74.2 Å². The van der Waals surface area contributed by atoms with Crippen LogP contribution < -0.4 is 26.0 Å². The number of amides is 4. The van der Waals surface area contributed by atoms with Crippen LogP contribution in [-0.4, -0.2) is 152 Å². The second kappa shape index (κ2) is 46.7. The Kier molecular flexibility index (Phi) is 30.4. The molecule has 0 saturated carbocycles. The number of carbonyl (C=O) groups is 4. The van der Waals surface area contributed by atoms with Crippen LogP contribution in [0.3, 0.4) is 0 Å². The number of rotatable bonds is 28. The van der Waals surface area contributed by atoms with E-state index in [0.29, 0.717) is 28.5 Å². The molecule has 25 nitrogen and oxygen atoms in total. The minimum absolute atomic E-state index is 0.235. The Morgan fingerprint density at radius 2 is 0.523 bits per heavy atom. The second-order valence-electron chi connectivity index (χ2n) is 37.7. The summed E-state index contributed by atoms with van der Waals surface area (Å²) in [5.41, 5.74) is 28.6. The van der Waals surface area contributed by atoms with Crippen molar-refractivity contribution in [2.24, 2.45) is 0 Å². The van der Waals surface area contributed by atoms with Crippen LogP contribution in [0.25, 0.3) is 88.1 Å². The van der Waals surface area contributed by atoms with E-state index < -0.39 is 0 Å². The zero-order valence-electron chi connectivity index (χ0n) is 82.1. The van der Waals surface area contributed by atoms with Crippen LogP contribution in [0.1, 0.15) is 122 Å². The highest BCUT2D eigenvalue weighted by Crippen LogP contribution is 2.36. The maximum absolute atomic E-state index is 13.3. The minimum atomic E-state index is -0.274. The number of pyridine rings is 4. The SMILES string of the molecule is O=C(Nc1cccc(Cc2ccccc2)c1)c1n[nH]c2ccc(-c3cncc(CN4CCC4)c3)cc12.O=C(Nc1cccc(Cc2ccccc2)c1)c1n[nH]c2ccc(-c3cncc(CN4CCCC4)c3)cc12.O=C(Nc1cccc(Cc2ccccc2)c1)c1n[nH]c2ccc(-c3cncc(CN4CCOCC4)c3)cc12.O=C(Nc1cccc(Cc2ccccc2)c1)c1n[nH]c2ccc(-c3cncc(Oc4ccccc4)c3)cc12. The smallest absolute Gasteiger partial charge is 0.276 e. The molecule has 0 unspecified atom stereocenters. The highest BCUT2D eigenvalue weighted by molar-refractivity contribution is 6.15. The van der Waals surface area contributed by atoms with Crippen LogP contribution in [0.4, 0.5) is 22.7 Å². The molecule has 24 rings (SSSR count). The topological polar surface area (TPSA) is 311 Å². The highest BCUT2D eigenvalue weighted by Gasteiger charge is 2.25. The summed E-state index contributed by atoms with van der Waals surface area (Å²) >= 11 is 0. The number of nitrogens with zero attached hydrogens (tertiary/aromatic N) is 11. The number of H-pyrrole nitrogens is 4. The van der Waals surface area contributed by atoms with E-state index in [4.69, 9.17) is 9.47 Å². The Bertz CT molecular complexity index is 8250. The number of hydrogen-bond donors (Lipinski definition) is 8. The molecule has 0 bridgehead atoms. The molecule has 0 spiro atoms. The number of benzene rings is 13. The molecule has 8 aromatic heterocycles. The zero-order chi connectivity index (χ0) is 101. The van der Waals surface area contributed by atoms with E-state index in [1.807, 2.05) is 292 Å². The Labute approximate surface area is 862 Å². The molecule has 149 heavy (non-hydrogen) atoms. The van der Waals surface area contributed by atoms with Gasteiger partial charge in [0.1, 0.15) is 11.5 Å². The van der Waals surface area contributed by atoms with E-state index in [1.54, 1.807) is 12.4 Å². The van der Waals surface area contributed by atoms with E-state index in [1.165, 1.54) is 52.6 Å². The Balaban J connectivity index is 0.000000116. The molecule has 11 heterocycles. The van der Waals surface area contributed by atoms with Gasteiger partial charge in [-0.2, -0.15) is 20.4 Å². The van der Waals surface area contributed by atoms with Gasteiger partial charge >= 0.3 is 0 Å². The summed E-state index contributed by atoms with van der Waals surface area (Å²) in [6, 6.07) is 115. The molecule has 736 valence electrons. The first-order valence-corrected chi connectivity index (χ1v) is 50.3. The molecule has 0 aliphatic carbocycles. The number of aromatic amines is 4. The number of aromatic nitrogens is 12. The molecule has 3 fully saturated rings. The summed E-state index contributed by atoms with van der Waals surface area (Å²) < 4.78 is 11.4. The van der Waals surface area contributed by atoms with Crippen molar-refractivity contribution in [2.45, 2.75) is 64.6 Å². The van der Waals surface area contributed by atoms with Crippen molar-refractivity contribution in [3.8, 4) is 56.0 Å². The molecule has 13 aromatic carbocycles. The number of nitrogens with one attached hydrogen (secondary N) is 8. The lowest BCUT2D eigenvalue weighted by Crippen LogP contribution is -2.36. The minimum Gasteiger partial charge on any atom is -0.456 e. The number of para-hydroxylation sites is 1. The molecular formula is C124H109N19O6. The average molecular weight is 1960 g/mol. The molecule has 3 aliphatic heterocycles. The third kappa shape index (κ3) is 25.1. The maximum atomic E-state index is 13.3. The predicted molar refractivity (Wildman–Crippen MR) is 589 cm³/mol. The summed E-state index contributed by atoms with van der Waals surface area (Å²) in [6.07, 6.45) is 21.9. The van der Waals surface area contributed by atoms with E-state index in [2.05, 4.69) is 188 Å². The number of likely N-dealkylation sites (tertiary alicyclic amines) is 2. The van der Waals surface area contributed by atoms with Crippen molar-refractivity contribution in [1.82, 2.24) is 75.4 Å². The third-order valence-electron chi connectivity index (χ3n) is 26.7. The predicted octanol–water partition coefficient (Wildman–Crippen LogP) is 24.3. The van der Waals surface area contributed by atoms with Crippen molar-refractivity contribution in [3.05, 3.63) is 479 Å². The van der Waals surface area contributed by atoms with E-state index in [0.717, 1.165) is 242 Å². The summed E-state index contributed by atoms with van der Waals surface area (Å²) in [4.78, 5) is 78.0. The molecule has 4 amide bonds. The first-order chi connectivity index (χ1) is 73.3. The molecular weight excluding hydrogens is 1850 g/mol. The van der Waals surface area contributed by atoms with Crippen molar-refractivity contribution in [2.75, 3.05) is 73.7 Å². The molecule has 3 aliphatic rings. The Morgan fingerprint density at radius 3 is 0.826 bits per heavy atom. The standard InChI is InChI=1S/C32H24N4O2.C31H29N5O2.C31H29N5O.C30H27N5O/c37-32(34-26-11-7-10-23(17-26)16-22-8-3-1-4-9-22)31-29-19-24(14-15-30(29)35-36-31)25-18-28(21-33-20-25)38-27-12-5-2-6-13-27;37-31(33-27-8-4-7-23(17-27)15-22-5-2-1-3-6-22)30-28-18-25(9-10-29(28)34-35-30)26-16-24(19-32-20-26)21-36-11-13-38-14-12-36;37-31(33-27-10-6-9-23(17-27)15-22-7-2-1-3-8-22)30-28-18-25(11-12-29(28)34-35-30)26-16-24(19-32-20-26)21-36-13-4-5-14-36;36-30(32-26-9-4-8-22(16-26)14-21-6-2-1-3-7-21)29-27-17-24(10-11-28(27)33-34-29)25-15-23(18-31-19-25)20-35-12-5-13-35/h1-15,17-21H,16H2,(H,34,37)(H,35,36);1-10,16-20H,11-15,21H2,(H,33,37)(H,34,35);1-3,6-12,16-20H,4-5,13-15,21H2,(H,33,37)(H,34,35);1-4,6-11,15-19H,5,12-14,20H2,(H,32,36)(H,33,34). The number of fused-ring (bicyclic) bond motifs is 4. The maximum Gasteiger partial charge on any atom is 0.276 e. The van der Waals surface area contributed by atoms with Crippen molar-refractivity contribution >= 4 is 90.0 Å². The van der Waals surface area contributed by atoms with E-state index in [-0.39, 0.29) is 23.6 Å². The molecule has 25 heteroatoms. The molecule has 0 atom stereocenters. The van der Waals surface area contributed by atoms with Crippen molar-refractivity contribution < 1.29 is 28.7 Å². The second-order valence-corrected chi connectivity index (χ2v) is 37.7. The van der Waals surface area contributed by atoms with Gasteiger partial charge in [-0.1, -0.05) is 212 Å². The van der Waals surface area contributed by atoms with Crippen LogP contribution in [0.2, 0.25) is 0 Å². The quantitative estimate of drug-likeness (QED) is 0.0226. The molecule has 0 radical (unpaired) electrons. The summed E-state index contributed by atoms with van der Waals surface area (Å²) in [5, 5.41) is 44.5. The number of morpholine rings is 1. The van der Waals surface area contributed by atoms with E-state index in [9.17, 15) is 19.2 Å². The first kappa shape index (κ1) is 97.0. The van der Waals surface area contributed by atoms with Gasteiger partial charge in [0.15, 0.2) is 22.8 Å². The number of anilines is 4. The third-order valence-corrected chi connectivity index (χ3v) is 26.7. The monoisotopic (exact) mass is 1960 g/mol. The van der Waals surface area contributed by atoms with Gasteiger partial charge in [0.05, 0.1) is 41.5 Å². The Morgan fingerprint density at radius 1 is 0.248 bits per heavy atom. The number of hydrogen-bond acceptors (Lipinski definition) is 17. The van der Waals surface area contributed by atoms with Gasteiger partial charge in [0.25, 0.3) is 23.6 Å². The lowest BCUT2D eigenvalue weighted by molar-refractivity contribution is 0.0341. The Hall–Kier alpha value is -18.1. The molecule has 8 N–H and O–H groups in total. The van der Waals surface area contributed by atoms with Gasteiger partial charge < -0.3 is 30.7 Å². The van der Waals surface area contributed by atoms with Crippen LogP contribution in [0.5, 0.6) is 11.5 Å². The van der Waals surface area contributed by atoms with E-state index >= 15 is 0 Å². The van der Waals surface area contributed by atoms with Gasteiger partial charge in [-0.15, -0.1) is 0 Å². The highest BCUT2D eigenvalue weighted by atomic mass is 16.5. The summed E-state index contributed by atoms with van der Waals surface area (Å²) in [5.74, 6) is 0.382. The summed E-state index contributed by atoms with van der Waals surface area (Å²) in [6.45, 7) is 10.7. The zero-order valence-corrected chi connectivity index (χ0v) is 82.1. The normalized spacial score (nSPS) is 13.0. The van der Waals surface area contributed by atoms with Gasteiger partial charge in [0, 0.05) is 143 Å². The van der Waals surface area contributed by atoms with Crippen LogP contribution in [0.15, 0.2) is 395 Å². The van der Waals surface area contributed by atoms with Gasteiger partial charge in [-0.05, 0) is 288 Å². The fourth-order valence-corrected chi connectivity index (χ4v) is 19.1. The first-order valence-electron chi connectivity index (χ1n) is 50.3. The molecule has 3 saturated heterocycles. The fraction of sp³-hybridized carbons (Fsp3) is 0.145. The lowest BCUT2D eigenvalue weighted by atomic mass is 10.0. The molecule has 21 aromatic rings. The van der Waals surface area contributed by atoms with Gasteiger partial charge in [0.2, 0.25) is 0 Å².